The molecule has 4 rings (SSSR count). The quantitative estimate of drug-likeness (QED) is 0.812. The first-order chi connectivity index (χ1) is 14.5. The zero-order valence-corrected chi connectivity index (χ0v) is 16.9. The third-order valence-electron chi connectivity index (χ3n) is 4.98. The minimum atomic E-state index is -0.479. The molecule has 1 N–H and O–H groups in total. The number of cyclic esters (lactones) is 1. The lowest BCUT2D eigenvalue weighted by molar-refractivity contribution is -0.116. The zero-order valence-electron chi connectivity index (χ0n) is 16.1. The van der Waals surface area contributed by atoms with Gasteiger partial charge in [-0.1, -0.05) is 0 Å². The normalized spacial score (nSPS) is 17.9. The van der Waals surface area contributed by atoms with E-state index in [1.807, 2.05) is 18.2 Å². The van der Waals surface area contributed by atoms with E-state index in [0.29, 0.717) is 29.1 Å². The number of nitrogens with zero attached hydrogens (tertiary/aromatic N) is 3. The Morgan fingerprint density at radius 2 is 2.03 bits per heavy atom. The van der Waals surface area contributed by atoms with Gasteiger partial charge in [0.15, 0.2) is 0 Å². The minimum Gasteiger partial charge on any atom is -0.442 e. The lowest BCUT2D eigenvalue weighted by atomic mass is 10.1. The van der Waals surface area contributed by atoms with Crippen molar-refractivity contribution in [2.24, 2.45) is 0 Å². The predicted octanol–water partition coefficient (Wildman–Crippen LogP) is 2.38. The Balaban J connectivity index is 1.39. The molecule has 1 unspecified atom stereocenters. The lowest BCUT2D eigenvalue weighted by Crippen LogP contribution is -2.34. The Kier molecular flexibility index (Phi) is 5.33. The second kappa shape index (κ2) is 8.08. The smallest absolute Gasteiger partial charge is 0.414 e. The summed E-state index contributed by atoms with van der Waals surface area (Å²) in [6, 6.07) is 13.8. The van der Waals surface area contributed by atoms with Crippen molar-refractivity contribution in [3.8, 4) is 6.07 Å². The third-order valence-corrected chi connectivity index (χ3v) is 6.01. The van der Waals surface area contributed by atoms with E-state index in [1.165, 1.54) is 16.7 Å². The molecule has 0 spiro atoms. The molecule has 1 saturated heterocycles. The number of carbonyl (C=O) groups is 3. The topological polar surface area (TPSA) is 103 Å². The maximum Gasteiger partial charge on any atom is 0.414 e. The molecular formula is C21H18N4O4S. The number of fused-ring (bicyclic) bond motifs is 1. The molecule has 2 aromatic rings. The van der Waals surface area contributed by atoms with Gasteiger partial charge in [-0.25, -0.2) is 4.79 Å². The summed E-state index contributed by atoms with van der Waals surface area (Å²) in [5, 5.41) is 11.6. The number of amides is 3. The summed E-state index contributed by atoms with van der Waals surface area (Å²) in [4.78, 5) is 40.5. The second-order valence-electron chi connectivity index (χ2n) is 6.91. The minimum absolute atomic E-state index is 0.0406. The number of nitriles is 1. The van der Waals surface area contributed by atoms with E-state index in [9.17, 15) is 14.4 Å². The van der Waals surface area contributed by atoms with Gasteiger partial charge in [-0.3, -0.25) is 14.5 Å². The highest BCUT2D eigenvalue weighted by molar-refractivity contribution is 8.00. The van der Waals surface area contributed by atoms with Crippen LogP contribution in [0.25, 0.3) is 0 Å². The summed E-state index contributed by atoms with van der Waals surface area (Å²) in [5.41, 5.74) is 2.42. The Morgan fingerprint density at radius 3 is 2.77 bits per heavy atom. The number of ether oxygens (including phenoxy) is 1. The van der Waals surface area contributed by atoms with Gasteiger partial charge in [-0.2, -0.15) is 5.26 Å². The van der Waals surface area contributed by atoms with Gasteiger partial charge in [0.1, 0.15) is 6.10 Å². The van der Waals surface area contributed by atoms with Crippen molar-refractivity contribution < 1.29 is 19.1 Å². The van der Waals surface area contributed by atoms with Crippen LogP contribution in [-0.2, 0) is 9.53 Å². The van der Waals surface area contributed by atoms with Gasteiger partial charge in [-0.05, 0) is 42.5 Å². The fourth-order valence-electron chi connectivity index (χ4n) is 3.28. The SMILES string of the molecule is CN1C(=O)CSc2cc(N3CC(CNC(=O)c4ccc(C#N)cc4)OC3=O)ccc21. The van der Waals surface area contributed by atoms with Crippen LogP contribution in [0.1, 0.15) is 15.9 Å². The molecule has 3 amide bonds. The molecule has 0 radical (unpaired) electrons. The van der Waals surface area contributed by atoms with E-state index in [4.69, 9.17) is 10.00 Å². The summed E-state index contributed by atoms with van der Waals surface area (Å²) >= 11 is 1.44. The van der Waals surface area contributed by atoms with E-state index >= 15 is 0 Å². The summed E-state index contributed by atoms with van der Waals surface area (Å²) in [6.45, 7) is 0.489. The molecule has 30 heavy (non-hydrogen) atoms. The highest BCUT2D eigenvalue weighted by Gasteiger charge is 2.33. The number of anilines is 2. The van der Waals surface area contributed by atoms with Gasteiger partial charge >= 0.3 is 6.09 Å². The second-order valence-corrected chi connectivity index (χ2v) is 7.93. The van der Waals surface area contributed by atoms with Crippen LogP contribution >= 0.6 is 11.8 Å². The maximum absolute atomic E-state index is 12.3. The van der Waals surface area contributed by atoms with Gasteiger partial charge < -0.3 is 15.0 Å². The van der Waals surface area contributed by atoms with Crippen molar-refractivity contribution in [1.29, 1.82) is 5.26 Å². The average Bonchev–Trinajstić information content (AvgIpc) is 3.15. The maximum atomic E-state index is 12.3. The summed E-state index contributed by atoms with van der Waals surface area (Å²) in [5.74, 6) is 0.104. The van der Waals surface area contributed by atoms with Crippen molar-refractivity contribution in [1.82, 2.24) is 5.32 Å². The largest absolute Gasteiger partial charge is 0.442 e. The van der Waals surface area contributed by atoms with E-state index in [-0.39, 0.29) is 18.4 Å². The molecule has 0 aromatic heterocycles. The third kappa shape index (κ3) is 3.82. The fourth-order valence-corrected chi connectivity index (χ4v) is 4.31. The predicted molar refractivity (Wildman–Crippen MR) is 112 cm³/mol. The molecule has 0 bridgehead atoms. The van der Waals surface area contributed by atoms with E-state index in [1.54, 1.807) is 42.3 Å². The Morgan fingerprint density at radius 1 is 1.27 bits per heavy atom. The molecule has 1 atom stereocenters. The molecule has 9 heteroatoms. The zero-order chi connectivity index (χ0) is 21.3. The van der Waals surface area contributed by atoms with Gasteiger partial charge in [-0.15, -0.1) is 11.8 Å². The van der Waals surface area contributed by atoms with Crippen molar-refractivity contribution in [2.75, 3.05) is 35.7 Å². The molecule has 2 aliphatic rings. The van der Waals surface area contributed by atoms with Crippen LogP contribution in [0.2, 0.25) is 0 Å². The molecule has 152 valence electrons. The summed E-state index contributed by atoms with van der Waals surface area (Å²) < 4.78 is 5.39. The molecule has 2 aromatic carbocycles. The van der Waals surface area contributed by atoms with Crippen molar-refractivity contribution in [3.63, 3.8) is 0 Å². The lowest BCUT2D eigenvalue weighted by Gasteiger charge is -2.26. The van der Waals surface area contributed by atoms with Crippen LogP contribution in [0.3, 0.4) is 0 Å². The van der Waals surface area contributed by atoms with Gasteiger partial charge in [0.25, 0.3) is 5.91 Å². The van der Waals surface area contributed by atoms with Crippen molar-refractivity contribution >= 4 is 41.0 Å². The van der Waals surface area contributed by atoms with Gasteiger partial charge in [0, 0.05) is 23.2 Å². The van der Waals surface area contributed by atoms with Crippen molar-refractivity contribution in [3.05, 3.63) is 53.6 Å². The molecule has 8 nitrogen and oxygen atoms in total. The number of carbonyl (C=O) groups excluding carboxylic acids is 3. The van der Waals surface area contributed by atoms with Crippen LogP contribution < -0.4 is 15.1 Å². The molecule has 1 fully saturated rings. The number of thioether (sulfide) groups is 1. The number of hydrogen-bond donors (Lipinski definition) is 1. The molecule has 2 aliphatic heterocycles. The van der Waals surface area contributed by atoms with Crippen LogP contribution in [0, 0.1) is 11.3 Å². The summed E-state index contributed by atoms with van der Waals surface area (Å²) in [7, 11) is 1.73. The Bertz CT molecular complexity index is 1060. The summed E-state index contributed by atoms with van der Waals surface area (Å²) in [6.07, 6.45) is -0.953. The molecule has 2 heterocycles. The van der Waals surface area contributed by atoms with Crippen LogP contribution in [-0.4, -0.2) is 49.9 Å². The first-order valence-corrected chi connectivity index (χ1v) is 10.2. The van der Waals surface area contributed by atoms with Crippen LogP contribution in [0.15, 0.2) is 47.4 Å². The number of benzene rings is 2. The fraction of sp³-hybridized carbons (Fsp3) is 0.238. The highest BCUT2D eigenvalue weighted by Crippen LogP contribution is 2.38. The Labute approximate surface area is 177 Å². The van der Waals surface area contributed by atoms with E-state index in [0.717, 1.165) is 10.6 Å². The molecule has 0 aliphatic carbocycles. The van der Waals surface area contributed by atoms with Crippen LogP contribution in [0.5, 0.6) is 0 Å². The Hall–Kier alpha value is -3.51. The monoisotopic (exact) mass is 422 g/mol. The average molecular weight is 422 g/mol. The van der Waals surface area contributed by atoms with Crippen LogP contribution in [0.4, 0.5) is 16.2 Å². The highest BCUT2D eigenvalue weighted by atomic mass is 32.2. The molecular weight excluding hydrogens is 404 g/mol. The number of rotatable bonds is 4. The molecule has 0 saturated carbocycles. The number of nitrogens with one attached hydrogen (secondary N) is 1. The first-order valence-electron chi connectivity index (χ1n) is 9.26. The van der Waals surface area contributed by atoms with E-state index < -0.39 is 12.2 Å². The standard InChI is InChI=1S/C21H18N4O4S/c1-24-17-7-6-15(8-18(17)30-12-19(24)26)25-11-16(29-21(25)28)10-23-20(27)14-4-2-13(9-22)3-5-14/h2-8,16H,10-12H2,1H3,(H,23,27). The van der Waals surface area contributed by atoms with Gasteiger partial charge in [0.2, 0.25) is 5.91 Å². The van der Waals surface area contributed by atoms with E-state index in [2.05, 4.69) is 5.32 Å². The first kappa shape index (κ1) is 19.8. The number of hydrogen-bond acceptors (Lipinski definition) is 6. The van der Waals surface area contributed by atoms with Crippen molar-refractivity contribution in [2.45, 2.75) is 11.0 Å². The van der Waals surface area contributed by atoms with Gasteiger partial charge in [0.05, 0.1) is 36.2 Å².